The fourth-order valence-electron chi connectivity index (χ4n) is 1.20. The molecule has 0 saturated heterocycles. The molecule has 0 aliphatic rings. The molecule has 4 N–H and O–H groups in total. The number of nitrogens with one attached hydrogen (secondary N) is 2. The van der Waals surface area contributed by atoms with Crippen LogP contribution in [0.4, 0.5) is 22.2 Å². The van der Waals surface area contributed by atoms with Gasteiger partial charge in [-0.1, -0.05) is 0 Å². The van der Waals surface area contributed by atoms with Gasteiger partial charge in [-0.25, -0.2) is 9.78 Å². The summed E-state index contributed by atoms with van der Waals surface area (Å²) in [5.41, 5.74) is 4.52. The highest BCUT2D eigenvalue weighted by atomic mass is 16.6. The van der Waals surface area contributed by atoms with Crippen LogP contribution >= 0.6 is 0 Å². The van der Waals surface area contributed by atoms with E-state index in [0.717, 1.165) is 6.20 Å². The molecule has 104 valence electrons. The van der Waals surface area contributed by atoms with Gasteiger partial charge >= 0.3 is 11.8 Å². The summed E-state index contributed by atoms with van der Waals surface area (Å²) < 4.78 is 4.49. The van der Waals surface area contributed by atoms with Gasteiger partial charge in [-0.05, 0) is 6.92 Å². The van der Waals surface area contributed by atoms with E-state index in [9.17, 15) is 14.9 Å². The zero-order chi connectivity index (χ0) is 14.3. The summed E-state index contributed by atoms with van der Waals surface area (Å²) in [5.74, 6) is 0.315. The molecule has 0 unspecified atom stereocenters. The lowest BCUT2D eigenvalue weighted by atomic mass is 10.4. The lowest BCUT2D eigenvalue weighted by Gasteiger charge is -2.07. The number of aromatic nitrogens is 2. The first-order valence-corrected chi connectivity index (χ1v) is 5.46. The van der Waals surface area contributed by atoms with Crippen molar-refractivity contribution in [2.24, 2.45) is 5.73 Å². The second-order valence-corrected chi connectivity index (χ2v) is 3.31. The topological polar surface area (TPSA) is 145 Å². The third-order valence-electron chi connectivity index (χ3n) is 1.94. The van der Waals surface area contributed by atoms with Crippen molar-refractivity contribution in [3.63, 3.8) is 0 Å². The van der Waals surface area contributed by atoms with Crippen LogP contribution in [0.2, 0.25) is 0 Å². The van der Waals surface area contributed by atoms with Gasteiger partial charge in [0.2, 0.25) is 11.8 Å². The van der Waals surface area contributed by atoms with Crippen molar-refractivity contribution in [3.8, 4) is 0 Å². The second-order valence-electron chi connectivity index (χ2n) is 3.31. The van der Waals surface area contributed by atoms with Crippen LogP contribution in [0.1, 0.15) is 6.92 Å². The molecule has 1 heterocycles. The third-order valence-corrected chi connectivity index (χ3v) is 1.94. The molecule has 0 atom stereocenters. The maximum Gasteiger partial charge on any atom is 0.404 e. The largest absolute Gasteiger partial charge is 0.448 e. The Morgan fingerprint density at radius 2 is 2.32 bits per heavy atom. The van der Waals surface area contributed by atoms with E-state index in [1.165, 1.54) is 0 Å². The summed E-state index contributed by atoms with van der Waals surface area (Å²) in [7, 11) is 0. The molecule has 1 aromatic heterocycles. The maximum atomic E-state index is 10.8. The zero-order valence-electron chi connectivity index (χ0n) is 10.3. The normalized spacial score (nSPS) is 9.74. The molecule has 0 aliphatic carbocycles. The summed E-state index contributed by atoms with van der Waals surface area (Å²) in [6, 6.07) is 0. The molecule has 10 nitrogen and oxygen atoms in total. The Morgan fingerprint density at radius 1 is 1.58 bits per heavy atom. The van der Waals surface area contributed by atoms with Crippen molar-refractivity contribution in [3.05, 3.63) is 16.3 Å². The number of hydrogen-bond acceptors (Lipinski definition) is 8. The molecular weight excluding hydrogens is 256 g/mol. The second kappa shape index (κ2) is 6.93. The maximum absolute atomic E-state index is 10.8. The number of carbonyl (C=O) groups is 1. The highest BCUT2D eigenvalue weighted by Gasteiger charge is 2.16. The smallest absolute Gasteiger partial charge is 0.404 e. The first kappa shape index (κ1) is 14.4. The number of nitro groups is 1. The van der Waals surface area contributed by atoms with Crippen molar-refractivity contribution >= 4 is 23.5 Å². The Morgan fingerprint density at radius 3 is 2.89 bits per heavy atom. The van der Waals surface area contributed by atoms with Gasteiger partial charge in [-0.3, -0.25) is 10.1 Å². The molecule has 0 saturated carbocycles. The number of hydrogen-bond donors (Lipinski definition) is 3. The molecule has 1 rings (SSSR count). The van der Waals surface area contributed by atoms with Gasteiger partial charge in [-0.2, -0.15) is 4.98 Å². The summed E-state index contributed by atoms with van der Waals surface area (Å²) >= 11 is 0. The Kier molecular flexibility index (Phi) is 5.26. The van der Waals surface area contributed by atoms with Gasteiger partial charge in [0, 0.05) is 6.54 Å². The molecule has 0 spiro atoms. The molecule has 0 radical (unpaired) electrons. The fourth-order valence-corrected chi connectivity index (χ4v) is 1.20. The van der Waals surface area contributed by atoms with Crippen molar-refractivity contribution in [1.82, 2.24) is 9.97 Å². The highest BCUT2D eigenvalue weighted by Crippen LogP contribution is 2.21. The molecule has 19 heavy (non-hydrogen) atoms. The van der Waals surface area contributed by atoms with Crippen molar-refractivity contribution in [1.29, 1.82) is 0 Å². The van der Waals surface area contributed by atoms with E-state index in [2.05, 4.69) is 25.3 Å². The molecule has 0 fully saturated rings. The summed E-state index contributed by atoms with van der Waals surface area (Å²) in [6.07, 6.45) is 0.190. The number of anilines is 2. The van der Waals surface area contributed by atoms with E-state index >= 15 is 0 Å². The zero-order valence-corrected chi connectivity index (χ0v) is 10.3. The Labute approximate surface area is 108 Å². The Balaban J connectivity index is 2.73. The van der Waals surface area contributed by atoms with Crippen molar-refractivity contribution < 1.29 is 14.5 Å². The monoisotopic (exact) mass is 270 g/mol. The van der Waals surface area contributed by atoms with Gasteiger partial charge < -0.3 is 21.1 Å². The van der Waals surface area contributed by atoms with Crippen LogP contribution in [0.3, 0.4) is 0 Å². The van der Waals surface area contributed by atoms with Crippen molar-refractivity contribution in [2.45, 2.75) is 6.92 Å². The van der Waals surface area contributed by atoms with E-state index in [1.54, 1.807) is 0 Å². The van der Waals surface area contributed by atoms with Crippen LogP contribution in [0, 0.1) is 10.1 Å². The van der Waals surface area contributed by atoms with Gasteiger partial charge in [0.15, 0.2) is 0 Å². The Hall–Kier alpha value is -2.65. The number of nitrogens with zero attached hydrogens (tertiary/aromatic N) is 3. The number of primary amides is 1. The SMILES string of the molecule is CCNc1ncc([N+](=O)[O-])c(NCCOC(N)=O)n1. The molecule has 0 aliphatic heterocycles. The average Bonchev–Trinajstić information content (AvgIpc) is 2.34. The first-order valence-electron chi connectivity index (χ1n) is 5.46. The molecule has 10 heteroatoms. The van der Waals surface area contributed by atoms with Gasteiger partial charge in [-0.15, -0.1) is 0 Å². The van der Waals surface area contributed by atoms with Crippen LogP contribution in [0.5, 0.6) is 0 Å². The highest BCUT2D eigenvalue weighted by molar-refractivity contribution is 5.64. The van der Waals surface area contributed by atoms with Crippen molar-refractivity contribution in [2.75, 3.05) is 30.3 Å². The van der Waals surface area contributed by atoms with E-state index < -0.39 is 11.0 Å². The minimum Gasteiger partial charge on any atom is -0.448 e. The van der Waals surface area contributed by atoms with Gasteiger partial charge in [0.1, 0.15) is 12.8 Å². The van der Waals surface area contributed by atoms with E-state index in [-0.39, 0.29) is 30.6 Å². The number of rotatable bonds is 7. The molecule has 0 aromatic carbocycles. The summed E-state index contributed by atoms with van der Waals surface area (Å²) in [6.45, 7) is 2.56. The summed E-state index contributed by atoms with van der Waals surface area (Å²) in [5, 5.41) is 16.3. The quantitative estimate of drug-likeness (QED) is 0.365. The number of amides is 1. The van der Waals surface area contributed by atoms with Gasteiger partial charge in [0.05, 0.1) is 11.5 Å². The third kappa shape index (κ3) is 4.61. The minimum atomic E-state index is -0.910. The minimum absolute atomic E-state index is 0.0208. The van der Waals surface area contributed by atoms with E-state index in [0.29, 0.717) is 6.54 Å². The predicted molar refractivity (Wildman–Crippen MR) is 66.9 cm³/mol. The molecule has 1 aromatic rings. The number of carbonyl (C=O) groups excluding carboxylic acids is 1. The number of ether oxygens (including phenoxy) is 1. The lowest BCUT2D eigenvalue weighted by Crippen LogP contribution is -2.19. The van der Waals surface area contributed by atoms with Crippen LogP contribution < -0.4 is 16.4 Å². The van der Waals surface area contributed by atoms with Crippen LogP contribution in [-0.4, -0.2) is 40.7 Å². The van der Waals surface area contributed by atoms with Crippen LogP contribution in [0.25, 0.3) is 0 Å². The van der Waals surface area contributed by atoms with Crippen LogP contribution in [0.15, 0.2) is 6.20 Å². The molecule has 0 bridgehead atoms. The first-order chi connectivity index (χ1) is 9.04. The molecule has 1 amide bonds. The fraction of sp³-hybridized carbons (Fsp3) is 0.444. The van der Waals surface area contributed by atoms with E-state index in [4.69, 9.17) is 5.73 Å². The predicted octanol–water partition coefficient (Wildman–Crippen LogP) is 0.324. The van der Waals surface area contributed by atoms with Crippen LogP contribution in [-0.2, 0) is 4.74 Å². The average molecular weight is 270 g/mol. The number of nitrogens with two attached hydrogens (primary N) is 1. The summed E-state index contributed by atoms with van der Waals surface area (Å²) in [4.78, 5) is 28.3. The Bertz CT molecular complexity index is 466. The lowest BCUT2D eigenvalue weighted by molar-refractivity contribution is -0.384. The van der Waals surface area contributed by atoms with Gasteiger partial charge in [0.25, 0.3) is 0 Å². The standard InChI is InChI=1S/C9H14N6O4/c1-2-11-9-13-5-6(15(17)18)7(14-9)12-3-4-19-8(10)16/h5H,2-4H2,1H3,(H2,10,16)(H2,11,12,13,14). The molecular formula is C9H14N6O4. The van der Waals surface area contributed by atoms with E-state index in [1.807, 2.05) is 6.92 Å².